The molecule has 6 nitrogen and oxygen atoms in total. The third kappa shape index (κ3) is 5.92. The van der Waals surface area contributed by atoms with Crippen LogP contribution in [0, 0.1) is 11.8 Å². The van der Waals surface area contributed by atoms with Gasteiger partial charge in [-0.15, -0.1) is 5.92 Å². The minimum atomic E-state index is -0.402. The van der Waals surface area contributed by atoms with Gasteiger partial charge in [0.05, 0.1) is 6.20 Å². The van der Waals surface area contributed by atoms with E-state index in [9.17, 15) is 9.59 Å². The Morgan fingerprint density at radius 1 is 1.50 bits per heavy atom. The third-order valence-corrected chi connectivity index (χ3v) is 2.48. The molecule has 0 aliphatic heterocycles. The number of hydrogen-bond acceptors (Lipinski definition) is 5. The molecule has 0 saturated carbocycles. The molecule has 1 amide bonds. The Bertz CT molecular complexity index is 667. The summed E-state index contributed by atoms with van der Waals surface area (Å²) in [5.74, 6) is 5.01. The average molecular weight is 299 g/mol. The largest absolute Gasteiger partial charge is 0.465 e. The number of benzene rings is 1. The highest BCUT2D eigenvalue weighted by molar-refractivity contribution is 6.42. The summed E-state index contributed by atoms with van der Waals surface area (Å²) in [5.41, 5.74) is 6.73. The number of nitrogens with zero attached hydrogens (tertiary/aromatic N) is 1. The van der Waals surface area contributed by atoms with E-state index in [2.05, 4.69) is 22.2 Å². The van der Waals surface area contributed by atoms with E-state index >= 15 is 0 Å². The molecule has 0 unspecified atom stereocenters. The van der Waals surface area contributed by atoms with Gasteiger partial charge in [0.1, 0.15) is 12.0 Å². The van der Waals surface area contributed by atoms with Gasteiger partial charge in [-0.1, -0.05) is 18.1 Å². The lowest BCUT2D eigenvalue weighted by Gasteiger charge is -2.05. The standard InChI is InChI=1S/C16H17N3O3/c1-3-4-8-22-15(17)10-18-12(2)16(21)19-14-7-5-6-13(9-14)11-20/h5-7,9-11H,8,17H2,1-2H3,(H,19,21)/b15-10+,18-12?. The van der Waals surface area contributed by atoms with E-state index in [-0.39, 0.29) is 18.2 Å². The lowest BCUT2D eigenvalue weighted by Crippen LogP contribution is -2.20. The van der Waals surface area contributed by atoms with Crippen molar-refractivity contribution in [3.8, 4) is 11.8 Å². The van der Waals surface area contributed by atoms with Crippen LogP contribution in [0.5, 0.6) is 0 Å². The van der Waals surface area contributed by atoms with Gasteiger partial charge in [-0.05, 0) is 26.0 Å². The predicted molar refractivity (Wildman–Crippen MR) is 85.2 cm³/mol. The Kier molecular flexibility index (Phi) is 6.93. The number of amides is 1. The van der Waals surface area contributed by atoms with Crippen LogP contribution in [0.25, 0.3) is 0 Å². The van der Waals surface area contributed by atoms with E-state index in [4.69, 9.17) is 10.5 Å². The SMILES string of the molecule is CC#CCO/C(N)=C/N=C(C)C(=O)Nc1cccc(C=O)c1. The van der Waals surface area contributed by atoms with Gasteiger partial charge in [0.25, 0.3) is 5.91 Å². The highest BCUT2D eigenvalue weighted by atomic mass is 16.5. The third-order valence-electron chi connectivity index (χ3n) is 2.48. The molecule has 0 atom stereocenters. The molecule has 1 aromatic rings. The normalized spacial score (nSPS) is 11.2. The number of anilines is 1. The van der Waals surface area contributed by atoms with Gasteiger partial charge in [-0.25, -0.2) is 0 Å². The number of carbonyl (C=O) groups is 2. The predicted octanol–water partition coefficient (Wildman–Crippen LogP) is 1.70. The van der Waals surface area contributed by atoms with Gasteiger partial charge in [-0.2, -0.15) is 0 Å². The second-order valence-corrected chi connectivity index (χ2v) is 4.16. The first kappa shape index (κ1) is 17.0. The fourth-order valence-electron chi connectivity index (χ4n) is 1.36. The minimum absolute atomic E-state index is 0.0675. The monoisotopic (exact) mass is 299 g/mol. The Labute approximate surface area is 129 Å². The van der Waals surface area contributed by atoms with Crippen molar-refractivity contribution in [2.45, 2.75) is 13.8 Å². The second kappa shape index (κ2) is 8.97. The number of nitrogens with two attached hydrogens (primary N) is 1. The van der Waals surface area contributed by atoms with Crippen LogP contribution in [0.3, 0.4) is 0 Å². The Morgan fingerprint density at radius 3 is 2.95 bits per heavy atom. The van der Waals surface area contributed by atoms with Gasteiger partial charge in [0.15, 0.2) is 6.61 Å². The van der Waals surface area contributed by atoms with E-state index in [1.165, 1.54) is 13.1 Å². The number of aliphatic imine (C=N–C) groups is 1. The maximum absolute atomic E-state index is 11.9. The highest BCUT2D eigenvalue weighted by Crippen LogP contribution is 2.09. The van der Waals surface area contributed by atoms with E-state index < -0.39 is 5.91 Å². The van der Waals surface area contributed by atoms with Gasteiger partial charge in [0, 0.05) is 11.3 Å². The zero-order chi connectivity index (χ0) is 16.4. The van der Waals surface area contributed by atoms with Gasteiger partial charge >= 0.3 is 0 Å². The van der Waals surface area contributed by atoms with Crippen molar-refractivity contribution in [1.29, 1.82) is 0 Å². The lowest BCUT2D eigenvalue weighted by atomic mass is 10.2. The number of ether oxygens (including phenoxy) is 1. The zero-order valence-electron chi connectivity index (χ0n) is 12.4. The molecule has 0 saturated heterocycles. The first-order valence-corrected chi connectivity index (χ1v) is 6.46. The molecule has 0 aromatic heterocycles. The molecule has 0 heterocycles. The molecule has 0 spiro atoms. The summed E-state index contributed by atoms with van der Waals surface area (Å²) < 4.78 is 5.05. The quantitative estimate of drug-likeness (QED) is 0.362. The molecule has 0 aliphatic rings. The highest BCUT2D eigenvalue weighted by Gasteiger charge is 2.06. The van der Waals surface area contributed by atoms with Crippen LogP contribution in [0.15, 0.2) is 41.3 Å². The van der Waals surface area contributed by atoms with Crippen LogP contribution in [-0.4, -0.2) is 24.5 Å². The van der Waals surface area contributed by atoms with E-state index in [1.807, 2.05) is 0 Å². The first-order chi connectivity index (χ1) is 10.6. The number of aldehydes is 1. The number of rotatable bonds is 6. The Hall–Kier alpha value is -3.07. The average Bonchev–Trinajstić information content (AvgIpc) is 2.53. The summed E-state index contributed by atoms with van der Waals surface area (Å²) in [5, 5.41) is 2.63. The van der Waals surface area contributed by atoms with Crippen LogP contribution >= 0.6 is 0 Å². The number of hydrogen-bond donors (Lipinski definition) is 2. The molecule has 3 N–H and O–H groups in total. The van der Waals surface area contributed by atoms with Crippen molar-refractivity contribution in [3.63, 3.8) is 0 Å². The van der Waals surface area contributed by atoms with Crippen molar-refractivity contribution < 1.29 is 14.3 Å². The fraction of sp³-hybridized carbons (Fsp3) is 0.188. The molecule has 22 heavy (non-hydrogen) atoms. The van der Waals surface area contributed by atoms with E-state index in [0.717, 1.165) is 0 Å². The molecule has 114 valence electrons. The van der Waals surface area contributed by atoms with Crippen LogP contribution in [0.1, 0.15) is 24.2 Å². The van der Waals surface area contributed by atoms with Crippen molar-refractivity contribution in [2.24, 2.45) is 10.7 Å². The van der Waals surface area contributed by atoms with Crippen molar-refractivity contribution >= 4 is 23.6 Å². The summed E-state index contributed by atoms with van der Waals surface area (Å²) in [6.45, 7) is 3.39. The summed E-state index contributed by atoms with van der Waals surface area (Å²) >= 11 is 0. The van der Waals surface area contributed by atoms with Gasteiger partial charge in [0.2, 0.25) is 5.88 Å². The second-order valence-electron chi connectivity index (χ2n) is 4.16. The lowest BCUT2D eigenvalue weighted by molar-refractivity contribution is -0.110. The summed E-state index contributed by atoms with van der Waals surface area (Å²) in [6, 6.07) is 6.56. The van der Waals surface area contributed by atoms with Crippen molar-refractivity contribution in [3.05, 3.63) is 41.9 Å². The van der Waals surface area contributed by atoms with Gasteiger partial charge in [-0.3, -0.25) is 14.6 Å². The molecule has 0 radical (unpaired) electrons. The molecule has 0 bridgehead atoms. The topological polar surface area (TPSA) is 93.8 Å². The molecule has 1 rings (SSSR count). The van der Waals surface area contributed by atoms with Crippen LogP contribution in [0.2, 0.25) is 0 Å². The number of carbonyl (C=O) groups excluding carboxylic acids is 2. The van der Waals surface area contributed by atoms with Crippen LogP contribution in [0.4, 0.5) is 5.69 Å². The fourth-order valence-corrected chi connectivity index (χ4v) is 1.36. The van der Waals surface area contributed by atoms with Crippen LogP contribution in [-0.2, 0) is 9.53 Å². The van der Waals surface area contributed by atoms with Gasteiger partial charge < -0.3 is 15.8 Å². The summed E-state index contributed by atoms with van der Waals surface area (Å²) in [4.78, 5) is 26.5. The minimum Gasteiger partial charge on any atom is -0.465 e. The maximum Gasteiger partial charge on any atom is 0.269 e. The molecule has 0 aliphatic carbocycles. The van der Waals surface area contributed by atoms with E-state index in [0.29, 0.717) is 17.5 Å². The summed E-state index contributed by atoms with van der Waals surface area (Å²) in [6.07, 6.45) is 1.95. The Morgan fingerprint density at radius 2 is 2.27 bits per heavy atom. The first-order valence-electron chi connectivity index (χ1n) is 6.46. The smallest absolute Gasteiger partial charge is 0.269 e. The molecule has 1 aromatic carbocycles. The molecule has 6 heteroatoms. The van der Waals surface area contributed by atoms with Crippen LogP contribution < -0.4 is 11.1 Å². The molecular formula is C16H17N3O3. The summed E-state index contributed by atoms with van der Waals surface area (Å²) in [7, 11) is 0. The zero-order valence-corrected chi connectivity index (χ0v) is 12.4. The molecule has 0 fully saturated rings. The number of nitrogens with one attached hydrogen (secondary N) is 1. The van der Waals surface area contributed by atoms with Crippen molar-refractivity contribution in [2.75, 3.05) is 11.9 Å². The Balaban J connectivity index is 2.66. The maximum atomic E-state index is 11.9. The van der Waals surface area contributed by atoms with Crippen molar-refractivity contribution in [1.82, 2.24) is 0 Å². The molecular weight excluding hydrogens is 282 g/mol. The van der Waals surface area contributed by atoms with E-state index in [1.54, 1.807) is 31.2 Å².